The molecule has 1 aromatic heterocycles. The predicted molar refractivity (Wildman–Crippen MR) is 94.2 cm³/mol. The van der Waals surface area contributed by atoms with Crippen LogP contribution in [-0.2, 0) is 0 Å². The molecular formula is C14H10ClIN4O. The number of aromatic nitrogens is 2. The van der Waals surface area contributed by atoms with Crippen molar-refractivity contribution in [2.24, 2.45) is 0 Å². The number of halogens is 2. The minimum Gasteiger partial charge on any atom is -0.399 e. The van der Waals surface area contributed by atoms with Crippen LogP contribution in [0.2, 0.25) is 5.02 Å². The zero-order chi connectivity index (χ0) is 15.0. The van der Waals surface area contributed by atoms with Crippen LogP contribution in [0, 0.1) is 3.57 Å². The fourth-order valence-corrected chi connectivity index (χ4v) is 2.84. The molecule has 0 amide bonds. The van der Waals surface area contributed by atoms with E-state index in [1.165, 1.54) is 0 Å². The molecule has 0 unspecified atom stereocenters. The first-order chi connectivity index (χ1) is 10.0. The van der Waals surface area contributed by atoms with Crippen molar-refractivity contribution in [2.45, 2.75) is 0 Å². The highest BCUT2D eigenvalue weighted by Gasteiger charge is 2.06. The molecule has 0 aliphatic rings. The molecule has 5 nitrogen and oxygen atoms in total. The molecule has 0 fully saturated rings. The zero-order valence-electron chi connectivity index (χ0n) is 10.7. The Bertz CT molecular complexity index is 894. The number of aromatic amines is 1. The van der Waals surface area contributed by atoms with Gasteiger partial charge in [0.25, 0.3) is 5.56 Å². The molecule has 21 heavy (non-hydrogen) atoms. The first kappa shape index (κ1) is 14.2. The summed E-state index contributed by atoms with van der Waals surface area (Å²) < 4.78 is 1.03. The lowest BCUT2D eigenvalue weighted by Crippen LogP contribution is -2.11. The van der Waals surface area contributed by atoms with Gasteiger partial charge in [-0.1, -0.05) is 11.6 Å². The SMILES string of the molecule is Nc1ccc2nc(Nc3ccc(I)cc3Cl)[nH]c(=O)c2c1. The smallest absolute Gasteiger partial charge is 0.260 e. The highest BCUT2D eigenvalue weighted by atomic mass is 127. The van der Waals surface area contributed by atoms with Gasteiger partial charge in [-0.2, -0.15) is 0 Å². The second kappa shape index (κ2) is 5.53. The van der Waals surface area contributed by atoms with Crippen molar-refractivity contribution in [3.63, 3.8) is 0 Å². The number of nitrogens with two attached hydrogens (primary N) is 1. The van der Waals surface area contributed by atoms with Crippen LogP contribution in [0.3, 0.4) is 0 Å². The topological polar surface area (TPSA) is 83.8 Å². The largest absolute Gasteiger partial charge is 0.399 e. The molecule has 106 valence electrons. The Balaban J connectivity index is 2.05. The molecule has 0 aliphatic heterocycles. The number of fused-ring (bicyclic) bond motifs is 1. The summed E-state index contributed by atoms with van der Waals surface area (Å²) in [7, 11) is 0. The molecule has 0 bridgehead atoms. The van der Waals surface area contributed by atoms with E-state index in [9.17, 15) is 4.79 Å². The zero-order valence-corrected chi connectivity index (χ0v) is 13.6. The lowest BCUT2D eigenvalue weighted by molar-refractivity contribution is 1.17. The molecule has 0 radical (unpaired) electrons. The molecule has 7 heteroatoms. The highest BCUT2D eigenvalue weighted by molar-refractivity contribution is 14.1. The van der Waals surface area contributed by atoms with Crippen LogP contribution in [-0.4, -0.2) is 9.97 Å². The highest BCUT2D eigenvalue weighted by Crippen LogP contribution is 2.26. The van der Waals surface area contributed by atoms with E-state index >= 15 is 0 Å². The van der Waals surface area contributed by atoms with Crippen LogP contribution < -0.4 is 16.6 Å². The fourth-order valence-electron chi connectivity index (χ4n) is 1.93. The monoisotopic (exact) mass is 412 g/mol. The lowest BCUT2D eigenvalue weighted by atomic mass is 10.2. The summed E-state index contributed by atoms with van der Waals surface area (Å²) in [5, 5.41) is 4.02. The predicted octanol–water partition coefficient (Wildman–Crippen LogP) is 3.51. The van der Waals surface area contributed by atoms with Crippen molar-refractivity contribution < 1.29 is 0 Å². The summed E-state index contributed by atoms with van der Waals surface area (Å²) in [5.74, 6) is 0.334. The summed E-state index contributed by atoms with van der Waals surface area (Å²) >= 11 is 8.33. The molecule has 3 rings (SSSR count). The summed E-state index contributed by atoms with van der Waals surface area (Å²) in [5.41, 5.74) is 7.19. The molecule has 2 aromatic carbocycles. The molecule has 0 aliphatic carbocycles. The van der Waals surface area contributed by atoms with Gasteiger partial charge in [-0.15, -0.1) is 0 Å². The molecule has 0 saturated carbocycles. The van der Waals surface area contributed by atoms with Gasteiger partial charge >= 0.3 is 0 Å². The van der Waals surface area contributed by atoms with E-state index in [4.69, 9.17) is 17.3 Å². The molecule has 4 N–H and O–H groups in total. The summed E-state index contributed by atoms with van der Waals surface area (Å²) in [4.78, 5) is 19.1. The van der Waals surface area contributed by atoms with Crippen LogP contribution in [0.5, 0.6) is 0 Å². The maximum atomic E-state index is 12.1. The number of nitrogen functional groups attached to an aromatic ring is 1. The Labute approximate surface area is 138 Å². The van der Waals surface area contributed by atoms with E-state index in [2.05, 4.69) is 37.9 Å². The average molecular weight is 413 g/mol. The molecular weight excluding hydrogens is 403 g/mol. The number of rotatable bonds is 2. The first-order valence-electron chi connectivity index (χ1n) is 6.04. The van der Waals surface area contributed by atoms with E-state index < -0.39 is 0 Å². The number of nitrogens with one attached hydrogen (secondary N) is 2. The Morgan fingerprint density at radius 1 is 1.24 bits per heavy atom. The van der Waals surface area contributed by atoms with Gasteiger partial charge in [0, 0.05) is 9.26 Å². The number of nitrogens with zero attached hydrogens (tertiary/aromatic N) is 1. The third-order valence-corrected chi connectivity index (χ3v) is 3.90. The van der Waals surface area contributed by atoms with Crippen molar-refractivity contribution >= 4 is 62.4 Å². The van der Waals surface area contributed by atoms with Gasteiger partial charge in [0.05, 0.1) is 21.6 Å². The van der Waals surface area contributed by atoms with Gasteiger partial charge in [-0.05, 0) is 59.0 Å². The third-order valence-electron chi connectivity index (χ3n) is 2.91. The third kappa shape index (κ3) is 2.96. The summed E-state index contributed by atoms with van der Waals surface area (Å²) in [6, 6.07) is 10.6. The van der Waals surface area contributed by atoms with Crippen molar-refractivity contribution in [1.29, 1.82) is 0 Å². The first-order valence-corrected chi connectivity index (χ1v) is 7.50. The van der Waals surface area contributed by atoms with Gasteiger partial charge in [-0.3, -0.25) is 9.78 Å². The van der Waals surface area contributed by atoms with Crippen LogP contribution in [0.1, 0.15) is 0 Å². The van der Waals surface area contributed by atoms with Gasteiger partial charge in [0.1, 0.15) is 0 Å². The van der Waals surface area contributed by atoms with Gasteiger partial charge in [-0.25, -0.2) is 4.98 Å². The summed E-state index contributed by atoms with van der Waals surface area (Å²) in [6.45, 7) is 0. The van der Waals surface area contributed by atoms with E-state index in [0.29, 0.717) is 33.2 Å². The van der Waals surface area contributed by atoms with Crippen molar-refractivity contribution in [2.75, 3.05) is 11.1 Å². The number of hydrogen-bond acceptors (Lipinski definition) is 4. The molecule has 1 heterocycles. The van der Waals surface area contributed by atoms with Crippen LogP contribution >= 0.6 is 34.2 Å². The minimum atomic E-state index is -0.253. The quantitative estimate of drug-likeness (QED) is 0.444. The number of benzene rings is 2. The maximum absolute atomic E-state index is 12.1. The average Bonchev–Trinajstić information content (AvgIpc) is 2.43. The second-order valence-corrected chi connectivity index (χ2v) is 6.09. The van der Waals surface area contributed by atoms with Crippen LogP contribution in [0.4, 0.5) is 17.3 Å². The Hall–Kier alpha value is -1.80. The van der Waals surface area contributed by atoms with E-state index in [1.54, 1.807) is 18.2 Å². The number of anilines is 3. The number of hydrogen-bond donors (Lipinski definition) is 3. The normalized spacial score (nSPS) is 10.8. The maximum Gasteiger partial charge on any atom is 0.260 e. The standard InChI is InChI=1S/C14H10ClIN4O/c15-10-5-7(16)1-3-12(10)19-14-18-11-4-2-8(17)6-9(11)13(21)20-14/h1-6H,17H2,(H2,18,19,20,21). The fraction of sp³-hybridized carbons (Fsp3) is 0. The van der Waals surface area contributed by atoms with Crippen LogP contribution in [0.15, 0.2) is 41.2 Å². The molecule has 3 aromatic rings. The van der Waals surface area contributed by atoms with Gasteiger partial charge in [0.2, 0.25) is 5.95 Å². The summed E-state index contributed by atoms with van der Waals surface area (Å²) in [6.07, 6.45) is 0. The van der Waals surface area contributed by atoms with Gasteiger partial charge in [0.15, 0.2) is 0 Å². The molecule has 0 spiro atoms. The van der Waals surface area contributed by atoms with Crippen molar-refractivity contribution in [3.05, 3.63) is 55.3 Å². The van der Waals surface area contributed by atoms with Crippen molar-refractivity contribution in [1.82, 2.24) is 9.97 Å². The molecule has 0 atom stereocenters. The van der Waals surface area contributed by atoms with E-state index in [0.717, 1.165) is 3.57 Å². The minimum absolute atomic E-state index is 0.253. The molecule has 0 saturated heterocycles. The Kier molecular flexibility index (Phi) is 3.73. The second-order valence-electron chi connectivity index (χ2n) is 4.44. The Morgan fingerprint density at radius 2 is 2.05 bits per heavy atom. The number of H-pyrrole nitrogens is 1. The van der Waals surface area contributed by atoms with Crippen LogP contribution in [0.25, 0.3) is 10.9 Å². The van der Waals surface area contributed by atoms with Crippen molar-refractivity contribution in [3.8, 4) is 0 Å². The lowest BCUT2D eigenvalue weighted by Gasteiger charge is -2.08. The Morgan fingerprint density at radius 3 is 2.81 bits per heavy atom. The van der Waals surface area contributed by atoms with E-state index in [1.807, 2.05) is 18.2 Å². The van der Waals surface area contributed by atoms with E-state index in [-0.39, 0.29) is 5.56 Å². The van der Waals surface area contributed by atoms with Gasteiger partial charge < -0.3 is 11.1 Å².